The number of rotatable bonds is 6. The molecule has 1 rings (SSSR count). The zero-order chi connectivity index (χ0) is 11.8. The highest BCUT2D eigenvalue weighted by Gasteiger charge is 2.07. The highest BCUT2D eigenvalue weighted by atomic mass is 79.9. The second-order valence-corrected chi connectivity index (χ2v) is 4.21. The maximum absolute atomic E-state index is 11.5. The summed E-state index contributed by atoms with van der Waals surface area (Å²) < 4.78 is 5.45. The molecule has 0 aliphatic rings. The van der Waals surface area contributed by atoms with Crippen LogP contribution in [0.4, 0.5) is 0 Å². The lowest BCUT2D eigenvalue weighted by molar-refractivity contribution is -0.130. The number of carbonyl (C=O) groups excluding carboxylic acids is 1. The van der Waals surface area contributed by atoms with Gasteiger partial charge in [-0.25, -0.2) is 0 Å². The molecule has 0 aromatic heterocycles. The van der Waals surface area contributed by atoms with Crippen LogP contribution in [0, 0.1) is 0 Å². The second-order valence-electron chi connectivity index (χ2n) is 3.42. The van der Waals surface area contributed by atoms with Crippen LogP contribution >= 0.6 is 15.9 Å². The molecule has 0 N–H and O–H groups in total. The van der Waals surface area contributed by atoms with Gasteiger partial charge >= 0.3 is 0 Å². The van der Waals surface area contributed by atoms with Crippen LogP contribution in [0.15, 0.2) is 30.3 Å². The van der Waals surface area contributed by atoms with E-state index in [4.69, 9.17) is 4.74 Å². The Morgan fingerprint density at radius 2 is 2.06 bits per heavy atom. The topological polar surface area (TPSA) is 29.5 Å². The van der Waals surface area contributed by atoms with Gasteiger partial charge in [0, 0.05) is 18.9 Å². The van der Waals surface area contributed by atoms with Crippen molar-refractivity contribution in [3.63, 3.8) is 0 Å². The first kappa shape index (κ1) is 13.0. The van der Waals surface area contributed by atoms with E-state index in [-0.39, 0.29) is 5.91 Å². The number of hydrogen-bond acceptors (Lipinski definition) is 2. The Kier molecular flexibility index (Phi) is 5.93. The maximum Gasteiger partial charge on any atom is 0.225 e. The van der Waals surface area contributed by atoms with Crippen molar-refractivity contribution in [3.05, 3.63) is 30.3 Å². The van der Waals surface area contributed by atoms with Crippen LogP contribution in [-0.2, 0) is 4.79 Å². The first-order valence-electron chi connectivity index (χ1n) is 5.22. The summed E-state index contributed by atoms with van der Waals surface area (Å²) >= 11 is 3.30. The Bertz CT molecular complexity index is 316. The van der Waals surface area contributed by atoms with Gasteiger partial charge in [-0.2, -0.15) is 0 Å². The lowest BCUT2D eigenvalue weighted by Gasteiger charge is -2.15. The van der Waals surface area contributed by atoms with Gasteiger partial charge in [-0.1, -0.05) is 34.1 Å². The van der Waals surface area contributed by atoms with E-state index in [1.165, 1.54) is 0 Å². The second kappa shape index (κ2) is 7.28. The molecule has 0 unspecified atom stereocenters. The number of carbonyl (C=O) groups is 1. The van der Waals surface area contributed by atoms with Gasteiger partial charge < -0.3 is 9.64 Å². The van der Waals surface area contributed by atoms with Crippen molar-refractivity contribution in [1.82, 2.24) is 4.90 Å². The van der Waals surface area contributed by atoms with E-state index < -0.39 is 0 Å². The van der Waals surface area contributed by atoms with Crippen LogP contribution < -0.4 is 4.74 Å². The van der Waals surface area contributed by atoms with Crippen LogP contribution in [0.25, 0.3) is 0 Å². The molecule has 0 saturated carbocycles. The van der Waals surface area contributed by atoms with Crippen LogP contribution in [-0.4, -0.2) is 36.3 Å². The fourth-order valence-electron chi connectivity index (χ4n) is 1.22. The smallest absolute Gasteiger partial charge is 0.225 e. The third-order valence-electron chi connectivity index (χ3n) is 2.17. The molecule has 0 fully saturated rings. The summed E-state index contributed by atoms with van der Waals surface area (Å²) in [4.78, 5) is 13.2. The normalized spacial score (nSPS) is 9.88. The molecule has 16 heavy (non-hydrogen) atoms. The number of ether oxygens (including phenoxy) is 1. The number of para-hydroxylation sites is 1. The molecule has 4 heteroatoms. The van der Waals surface area contributed by atoms with E-state index in [1.807, 2.05) is 30.3 Å². The Labute approximate surface area is 105 Å². The average Bonchev–Trinajstić information content (AvgIpc) is 2.30. The summed E-state index contributed by atoms with van der Waals surface area (Å²) in [5.41, 5.74) is 0. The first-order valence-corrected chi connectivity index (χ1v) is 6.34. The number of amides is 1. The first-order chi connectivity index (χ1) is 7.74. The zero-order valence-corrected chi connectivity index (χ0v) is 10.9. The van der Waals surface area contributed by atoms with Gasteiger partial charge in [0.25, 0.3) is 0 Å². The lowest BCUT2D eigenvalue weighted by Crippen LogP contribution is -2.29. The Morgan fingerprint density at radius 3 is 2.69 bits per heavy atom. The maximum atomic E-state index is 11.5. The van der Waals surface area contributed by atoms with Crippen molar-refractivity contribution in [1.29, 1.82) is 0 Å². The molecule has 1 amide bonds. The van der Waals surface area contributed by atoms with Crippen LogP contribution in [0.1, 0.15) is 6.42 Å². The van der Waals surface area contributed by atoms with Crippen molar-refractivity contribution in [2.75, 3.05) is 25.5 Å². The number of nitrogens with zero attached hydrogens (tertiary/aromatic N) is 1. The molecule has 0 spiro atoms. The van der Waals surface area contributed by atoms with Gasteiger partial charge in [0.1, 0.15) is 5.75 Å². The van der Waals surface area contributed by atoms with Crippen molar-refractivity contribution in [2.45, 2.75) is 6.42 Å². The van der Waals surface area contributed by atoms with Crippen LogP contribution in [0.2, 0.25) is 0 Å². The quantitative estimate of drug-likeness (QED) is 0.751. The summed E-state index contributed by atoms with van der Waals surface area (Å²) in [5, 5.41) is 0.800. The van der Waals surface area contributed by atoms with E-state index in [0.717, 1.165) is 17.6 Å². The third kappa shape index (κ3) is 4.66. The minimum Gasteiger partial charge on any atom is -0.493 e. The fourth-order valence-corrected chi connectivity index (χ4v) is 1.75. The van der Waals surface area contributed by atoms with E-state index >= 15 is 0 Å². The van der Waals surface area contributed by atoms with E-state index in [0.29, 0.717) is 13.0 Å². The molecule has 0 aliphatic heterocycles. The predicted octanol–water partition coefficient (Wildman–Crippen LogP) is 2.31. The molecular formula is C12H16BrNO2. The van der Waals surface area contributed by atoms with Crippen molar-refractivity contribution in [2.24, 2.45) is 0 Å². The van der Waals surface area contributed by atoms with Gasteiger partial charge in [-0.15, -0.1) is 0 Å². The molecule has 1 aromatic carbocycles. The summed E-state index contributed by atoms with van der Waals surface area (Å²) in [6.07, 6.45) is 0.415. The molecule has 0 saturated heterocycles. The molecule has 0 radical (unpaired) electrons. The van der Waals surface area contributed by atoms with Crippen molar-refractivity contribution >= 4 is 21.8 Å². The molecule has 88 valence electrons. The lowest BCUT2D eigenvalue weighted by atomic mass is 10.3. The standard InChI is InChI=1S/C12H16BrNO2/c1-14(9-8-13)12(15)7-10-16-11-5-3-2-4-6-11/h2-6H,7-10H2,1H3. The molecule has 0 heterocycles. The van der Waals surface area contributed by atoms with Crippen molar-refractivity contribution in [3.8, 4) is 5.75 Å². The SMILES string of the molecule is CN(CCBr)C(=O)CCOc1ccccc1. The molecule has 0 bridgehead atoms. The molecule has 0 atom stereocenters. The van der Waals surface area contributed by atoms with Gasteiger partial charge in [-0.05, 0) is 12.1 Å². The minimum atomic E-state index is 0.107. The van der Waals surface area contributed by atoms with Crippen molar-refractivity contribution < 1.29 is 9.53 Å². The Hall–Kier alpha value is -1.03. The fraction of sp³-hybridized carbons (Fsp3) is 0.417. The monoisotopic (exact) mass is 285 g/mol. The highest BCUT2D eigenvalue weighted by Crippen LogP contribution is 2.08. The molecule has 1 aromatic rings. The number of halogens is 1. The summed E-state index contributed by atoms with van der Waals surface area (Å²) in [6, 6.07) is 9.52. The Balaban J connectivity index is 2.23. The van der Waals surface area contributed by atoms with Gasteiger partial charge in [-0.3, -0.25) is 4.79 Å². The largest absolute Gasteiger partial charge is 0.493 e. The van der Waals surface area contributed by atoms with Gasteiger partial charge in [0.2, 0.25) is 5.91 Å². The molecule has 3 nitrogen and oxygen atoms in total. The molecular weight excluding hydrogens is 270 g/mol. The minimum absolute atomic E-state index is 0.107. The van der Waals surface area contributed by atoms with Gasteiger partial charge in [0.15, 0.2) is 0 Å². The third-order valence-corrected chi connectivity index (χ3v) is 2.53. The summed E-state index contributed by atoms with van der Waals surface area (Å²) in [5.74, 6) is 0.911. The summed E-state index contributed by atoms with van der Waals surface area (Å²) in [7, 11) is 1.80. The summed E-state index contributed by atoms with van der Waals surface area (Å²) in [6.45, 7) is 1.15. The number of benzene rings is 1. The van der Waals surface area contributed by atoms with E-state index in [9.17, 15) is 4.79 Å². The van der Waals surface area contributed by atoms with Gasteiger partial charge in [0.05, 0.1) is 13.0 Å². The molecule has 0 aliphatic carbocycles. The number of hydrogen-bond donors (Lipinski definition) is 0. The van der Waals surface area contributed by atoms with E-state index in [1.54, 1.807) is 11.9 Å². The van der Waals surface area contributed by atoms with Crippen LogP contribution in [0.3, 0.4) is 0 Å². The Morgan fingerprint density at radius 1 is 1.38 bits per heavy atom. The average molecular weight is 286 g/mol. The predicted molar refractivity (Wildman–Crippen MR) is 68.0 cm³/mol. The number of alkyl halides is 1. The highest BCUT2D eigenvalue weighted by molar-refractivity contribution is 9.09. The van der Waals surface area contributed by atoms with Crippen LogP contribution in [0.5, 0.6) is 5.75 Å². The van der Waals surface area contributed by atoms with E-state index in [2.05, 4.69) is 15.9 Å². The zero-order valence-electron chi connectivity index (χ0n) is 9.36.